The third-order valence-electron chi connectivity index (χ3n) is 3.25. The summed E-state index contributed by atoms with van der Waals surface area (Å²) in [6.45, 7) is 0.848. The number of carbonyl (C=O) groups excluding carboxylic acids is 1. The first kappa shape index (κ1) is 11.8. The third-order valence-corrected chi connectivity index (χ3v) is 3.78. The first-order valence-corrected chi connectivity index (χ1v) is 6.50. The smallest absolute Gasteiger partial charge is 0.262 e. The lowest BCUT2D eigenvalue weighted by Crippen LogP contribution is -2.25. The van der Waals surface area contributed by atoms with Gasteiger partial charge in [0.25, 0.3) is 5.91 Å². The number of ether oxygens (including phenoxy) is 2. The fourth-order valence-corrected chi connectivity index (χ4v) is 2.65. The summed E-state index contributed by atoms with van der Waals surface area (Å²) in [6, 6.07) is 5.63. The summed E-state index contributed by atoms with van der Waals surface area (Å²) in [7, 11) is 0. The van der Waals surface area contributed by atoms with Gasteiger partial charge in [-0.05, 0) is 30.5 Å². The fourth-order valence-electron chi connectivity index (χ4n) is 2.32. The van der Waals surface area contributed by atoms with E-state index in [9.17, 15) is 4.79 Å². The van der Waals surface area contributed by atoms with E-state index < -0.39 is 0 Å². The number of halogens is 1. The van der Waals surface area contributed by atoms with E-state index in [0.717, 1.165) is 25.0 Å². The number of benzene rings is 1. The molecule has 0 aliphatic carbocycles. The van der Waals surface area contributed by atoms with Crippen LogP contribution in [0.4, 0.5) is 5.69 Å². The van der Waals surface area contributed by atoms with Crippen LogP contribution in [0.1, 0.15) is 23.8 Å². The lowest BCUT2D eigenvalue weighted by Gasteiger charge is -2.21. The van der Waals surface area contributed by atoms with Crippen LogP contribution in [0.3, 0.4) is 0 Å². The third kappa shape index (κ3) is 2.18. The number of carbonyl (C=O) groups is 1. The van der Waals surface area contributed by atoms with Gasteiger partial charge in [-0.3, -0.25) is 4.79 Å². The summed E-state index contributed by atoms with van der Waals surface area (Å²) >= 11 is 6.41. The van der Waals surface area contributed by atoms with Crippen LogP contribution in [0.15, 0.2) is 18.2 Å². The van der Waals surface area contributed by atoms with E-state index >= 15 is 0 Å². The molecule has 18 heavy (non-hydrogen) atoms. The average molecular weight is 268 g/mol. The van der Waals surface area contributed by atoms with E-state index in [0.29, 0.717) is 11.4 Å². The molecule has 5 heteroatoms. The van der Waals surface area contributed by atoms with Crippen molar-refractivity contribution in [1.82, 2.24) is 0 Å². The largest absolute Gasteiger partial charge is 0.482 e. The second-order valence-corrected chi connectivity index (χ2v) is 5.02. The van der Waals surface area contributed by atoms with Gasteiger partial charge < -0.3 is 14.8 Å². The lowest BCUT2D eigenvalue weighted by atomic mass is 10.0. The topological polar surface area (TPSA) is 47.6 Å². The first-order chi connectivity index (χ1) is 8.74. The zero-order valence-corrected chi connectivity index (χ0v) is 10.6. The Labute approximate surface area is 110 Å². The Bertz CT molecular complexity index is 471. The van der Waals surface area contributed by atoms with E-state index in [1.165, 1.54) is 0 Å². The molecule has 1 aromatic rings. The Balaban J connectivity index is 1.84. The Morgan fingerprint density at radius 1 is 1.44 bits per heavy atom. The van der Waals surface area contributed by atoms with E-state index in [1.54, 1.807) is 0 Å². The van der Waals surface area contributed by atoms with Gasteiger partial charge in [0.1, 0.15) is 5.75 Å². The van der Waals surface area contributed by atoms with Crippen molar-refractivity contribution in [3.8, 4) is 5.75 Å². The van der Waals surface area contributed by atoms with Gasteiger partial charge in [0, 0.05) is 6.61 Å². The highest BCUT2D eigenvalue weighted by Crippen LogP contribution is 2.36. The van der Waals surface area contributed by atoms with Gasteiger partial charge in [0.2, 0.25) is 0 Å². The quantitative estimate of drug-likeness (QED) is 0.838. The Morgan fingerprint density at radius 2 is 2.33 bits per heavy atom. The molecule has 4 nitrogen and oxygen atoms in total. The van der Waals surface area contributed by atoms with Crippen LogP contribution in [0, 0.1) is 0 Å². The number of fused-ring (bicyclic) bond motifs is 1. The van der Waals surface area contributed by atoms with Crippen molar-refractivity contribution < 1.29 is 14.3 Å². The van der Waals surface area contributed by atoms with Gasteiger partial charge >= 0.3 is 0 Å². The van der Waals surface area contributed by atoms with Crippen molar-refractivity contribution in [2.45, 2.75) is 24.3 Å². The van der Waals surface area contributed by atoms with Crippen LogP contribution in [0.2, 0.25) is 0 Å². The molecule has 1 aromatic carbocycles. The summed E-state index contributed by atoms with van der Waals surface area (Å²) in [5, 5.41) is 2.60. The Kier molecular flexibility index (Phi) is 3.14. The molecule has 1 fully saturated rings. The molecule has 0 radical (unpaired) electrons. The zero-order chi connectivity index (χ0) is 12.5. The summed E-state index contributed by atoms with van der Waals surface area (Å²) in [5.41, 5.74) is 1.64. The number of amides is 1. The summed E-state index contributed by atoms with van der Waals surface area (Å²) < 4.78 is 10.9. The second kappa shape index (κ2) is 4.78. The monoisotopic (exact) mass is 267 g/mol. The lowest BCUT2D eigenvalue weighted by molar-refractivity contribution is -0.118. The highest BCUT2D eigenvalue weighted by atomic mass is 35.5. The van der Waals surface area contributed by atoms with Crippen molar-refractivity contribution in [3.63, 3.8) is 0 Å². The number of anilines is 1. The maximum absolute atomic E-state index is 11.3. The molecule has 1 amide bonds. The van der Waals surface area contributed by atoms with Crippen molar-refractivity contribution in [2.24, 2.45) is 0 Å². The number of alkyl halides is 1. The van der Waals surface area contributed by atoms with Crippen LogP contribution in [-0.4, -0.2) is 25.2 Å². The molecule has 96 valence electrons. The number of hydrogen-bond acceptors (Lipinski definition) is 3. The fraction of sp³-hybridized carbons (Fsp3) is 0.462. The van der Waals surface area contributed by atoms with E-state index in [4.69, 9.17) is 21.1 Å². The SMILES string of the molecule is O=C1COc2ccc(C(Cl)C3CCCO3)cc2N1. The highest BCUT2D eigenvalue weighted by Gasteiger charge is 2.27. The zero-order valence-electron chi connectivity index (χ0n) is 9.82. The predicted octanol–water partition coefficient (Wildman–Crippen LogP) is 2.48. The van der Waals surface area contributed by atoms with E-state index in [-0.39, 0.29) is 24.0 Å². The molecule has 0 saturated carbocycles. The van der Waals surface area contributed by atoms with E-state index in [2.05, 4.69) is 5.32 Å². The van der Waals surface area contributed by atoms with E-state index in [1.807, 2.05) is 18.2 Å². The molecule has 2 aliphatic rings. The minimum Gasteiger partial charge on any atom is -0.482 e. The van der Waals surface area contributed by atoms with Crippen LogP contribution in [-0.2, 0) is 9.53 Å². The van der Waals surface area contributed by atoms with Gasteiger partial charge in [-0.25, -0.2) is 0 Å². The maximum Gasteiger partial charge on any atom is 0.262 e. The minimum absolute atomic E-state index is 0.0601. The molecule has 0 spiro atoms. The highest BCUT2D eigenvalue weighted by molar-refractivity contribution is 6.21. The first-order valence-electron chi connectivity index (χ1n) is 6.06. The molecule has 1 saturated heterocycles. The molecular weight excluding hydrogens is 254 g/mol. The van der Waals surface area contributed by atoms with Crippen LogP contribution < -0.4 is 10.1 Å². The van der Waals surface area contributed by atoms with Crippen molar-refractivity contribution in [3.05, 3.63) is 23.8 Å². The van der Waals surface area contributed by atoms with Crippen molar-refractivity contribution >= 4 is 23.2 Å². The molecule has 2 atom stereocenters. The standard InChI is InChI=1S/C13H14ClNO3/c14-13(11-2-1-5-17-11)8-3-4-10-9(6-8)15-12(16)7-18-10/h3-4,6,11,13H,1-2,5,7H2,(H,15,16). The van der Waals surface area contributed by atoms with Gasteiger partial charge in [-0.2, -0.15) is 0 Å². The van der Waals surface area contributed by atoms with Crippen molar-refractivity contribution in [1.29, 1.82) is 0 Å². The molecule has 0 bridgehead atoms. The Hall–Kier alpha value is -1.26. The summed E-state index contributed by atoms with van der Waals surface area (Å²) in [4.78, 5) is 11.3. The predicted molar refractivity (Wildman–Crippen MR) is 68.1 cm³/mol. The van der Waals surface area contributed by atoms with Gasteiger partial charge in [0.15, 0.2) is 6.61 Å². The molecule has 2 aliphatic heterocycles. The average Bonchev–Trinajstić information content (AvgIpc) is 2.90. The molecule has 3 rings (SSSR count). The summed E-state index contributed by atoms with van der Waals surface area (Å²) in [5.74, 6) is 0.553. The number of nitrogens with one attached hydrogen (secondary N) is 1. The summed E-state index contributed by atoms with van der Waals surface area (Å²) in [6.07, 6.45) is 2.09. The molecule has 1 N–H and O–H groups in total. The molecule has 2 unspecified atom stereocenters. The minimum atomic E-state index is -0.184. The van der Waals surface area contributed by atoms with Crippen LogP contribution >= 0.6 is 11.6 Å². The van der Waals surface area contributed by atoms with Gasteiger partial charge in [-0.15, -0.1) is 11.6 Å². The van der Waals surface area contributed by atoms with Crippen LogP contribution in [0.5, 0.6) is 5.75 Å². The van der Waals surface area contributed by atoms with Crippen molar-refractivity contribution in [2.75, 3.05) is 18.5 Å². The number of hydrogen-bond donors (Lipinski definition) is 1. The maximum atomic E-state index is 11.3. The number of rotatable bonds is 2. The molecule has 0 aromatic heterocycles. The van der Waals surface area contributed by atoms with Crippen LogP contribution in [0.25, 0.3) is 0 Å². The molecular formula is C13H14ClNO3. The normalized spacial score (nSPS) is 24.1. The Morgan fingerprint density at radius 3 is 3.11 bits per heavy atom. The van der Waals surface area contributed by atoms with Gasteiger partial charge in [0.05, 0.1) is 17.2 Å². The molecule has 2 heterocycles. The second-order valence-electron chi connectivity index (χ2n) is 4.55. The van der Waals surface area contributed by atoms with Gasteiger partial charge in [-0.1, -0.05) is 6.07 Å².